The normalized spacial score (nSPS) is 23.0. The van der Waals surface area contributed by atoms with Crippen LogP contribution in [0, 0.1) is 6.92 Å². The number of hydrogen-bond donors (Lipinski definition) is 2. The van der Waals surface area contributed by atoms with Crippen molar-refractivity contribution in [2.45, 2.75) is 57.2 Å². The summed E-state index contributed by atoms with van der Waals surface area (Å²) in [6.45, 7) is 1.94. The number of aryl methyl sites for hydroxylation is 1. The van der Waals surface area contributed by atoms with E-state index in [1.165, 1.54) is 0 Å². The lowest BCUT2D eigenvalue weighted by Crippen LogP contribution is -2.68. The standard InChI is InChI=1S/C24H26ClN3O3/c1-15-7-6-8-16(13-15)26-22(29)14-21-23(30)27-19-11-4-5-12-20(19)28(21)24(31)17-9-2-3-10-18(17)25/h2-3,6-10,13,19-21H,4-5,11-12,14H2,1H3,(H,26,29)(H,27,30)/t19-,20-,21-/m0/s1. The molecule has 0 aromatic heterocycles. The molecule has 1 saturated heterocycles. The summed E-state index contributed by atoms with van der Waals surface area (Å²) in [6, 6.07) is 13.2. The minimum Gasteiger partial charge on any atom is -0.349 e. The predicted molar refractivity (Wildman–Crippen MR) is 120 cm³/mol. The first-order chi connectivity index (χ1) is 14.9. The van der Waals surface area contributed by atoms with Crippen LogP contribution in [-0.4, -0.2) is 40.7 Å². The fraction of sp³-hybridized carbons (Fsp3) is 0.375. The molecule has 0 radical (unpaired) electrons. The molecule has 1 heterocycles. The van der Waals surface area contributed by atoms with Gasteiger partial charge in [-0.3, -0.25) is 14.4 Å². The van der Waals surface area contributed by atoms with Crippen LogP contribution in [0.25, 0.3) is 0 Å². The van der Waals surface area contributed by atoms with Gasteiger partial charge in [-0.05, 0) is 49.6 Å². The van der Waals surface area contributed by atoms with Crippen molar-refractivity contribution in [1.82, 2.24) is 10.2 Å². The number of nitrogens with one attached hydrogen (secondary N) is 2. The van der Waals surface area contributed by atoms with Gasteiger partial charge in [-0.25, -0.2) is 0 Å². The first-order valence-corrected chi connectivity index (χ1v) is 11.1. The Morgan fingerprint density at radius 1 is 1.13 bits per heavy atom. The molecular formula is C24H26ClN3O3. The molecule has 162 valence electrons. The lowest BCUT2D eigenvalue weighted by molar-refractivity contribution is -0.135. The molecule has 2 aromatic rings. The zero-order chi connectivity index (χ0) is 22.0. The molecule has 1 saturated carbocycles. The van der Waals surface area contributed by atoms with Gasteiger partial charge >= 0.3 is 0 Å². The summed E-state index contributed by atoms with van der Waals surface area (Å²) in [5.41, 5.74) is 2.04. The maximum absolute atomic E-state index is 13.5. The summed E-state index contributed by atoms with van der Waals surface area (Å²) in [6.07, 6.45) is 3.49. The van der Waals surface area contributed by atoms with E-state index in [-0.39, 0.29) is 36.2 Å². The second-order valence-corrected chi connectivity index (χ2v) is 8.70. The lowest BCUT2D eigenvalue weighted by Gasteiger charge is -2.48. The SMILES string of the molecule is Cc1cccc(NC(=O)C[C@H]2C(=O)N[C@H]3CCCC[C@@H]3N2C(=O)c2ccccc2Cl)c1. The number of carbonyl (C=O) groups excluding carboxylic acids is 3. The van der Waals surface area contributed by atoms with E-state index >= 15 is 0 Å². The van der Waals surface area contributed by atoms with Gasteiger partial charge in [-0.15, -0.1) is 0 Å². The van der Waals surface area contributed by atoms with E-state index in [0.717, 1.165) is 31.2 Å². The van der Waals surface area contributed by atoms with E-state index in [4.69, 9.17) is 11.6 Å². The second-order valence-electron chi connectivity index (χ2n) is 8.30. The Bertz CT molecular complexity index is 1010. The largest absolute Gasteiger partial charge is 0.349 e. The lowest BCUT2D eigenvalue weighted by atomic mass is 9.84. The highest BCUT2D eigenvalue weighted by Crippen LogP contribution is 2.32. The Labute approximate surface area is 187 Å². The molecule has 3 atom stereocenters. The number of hydrogen-bond acceptors (Lipinski definition) is 3. The summed E-state index contributed by atoms with van der Waals surface area (Å²) >= 11 is 6.30. The predicted octanol–water partition coefficient (Wildman–Crippen LogP) is 3.93. The molecule has 0 bridgehead atoms. The molecule has 2 N–H and O–H groups in total. The monoisotopic (exact) mass is 439 g/mol. The Morgan fingerprint density at radius 3 is 2.68 bits per heavy atom. The van der Waals surface area contributed by atoms with E-state index in [9.17, 15) is 14.4 Å². The van der Waals surface area contributed by atoms with Gasteiger partial charge in [0.05, 0.1) is 23.0 Å². The maximum Gasteiger partial charge on any atom is 0.256 e. The van der Waals surface area contributed by atoms with Crippen molar-refractivity contribution < 1.29 is 14.4 Å². The third-order valence-corrected chi connectivity index (χ3v) is 6.40. The van der Waals surface area contributed by atoms with E-state index in [2.05, 4.69) is 10.6 Å². The molecular weight excluding hydrogens is 414 g/mol. The number of amides is 3. The number of fused-ring (bicyclic) bond motifs is 1. The molecule has 2 aliphatic rings. The van der Waals surface area contributed by atoms with Crippen LogP contribution in [0.3, 0.4) is 0 Å². The first kappa shape index (κ1) is 21.4. The van der Waals surface area contributed by atoms with Crippen LogP contribution in [0.2, 0.25) is 5.02 Å². The second kappa shape index (κ2) is 9.10. The van der Waals surface area contributed by atoms with Gasteiger partial charge in [-0.1, -0.05) is 48.7 Å². The average molecular weight is 440 g/mol. The van der Waals surface area contributed by atoms with Crippen molar-refractivity contribution in [1.29, 1.82) is 0 Å². The number of piperazine rings is 1. The Hall–Kier alpha value is -2.86. The third kappa shape index (κ3) is 4.59. The van der Waals surface area contributed by atoms with Crippen LogP contribution in [0.4, 0.5) is 5.69 Å². The topological polar surface area (TPSA) is 78.5 Å². The van der Waals surface area contributed by atoms with Gasteiger partial charge in [0.1, 0.15) is 6.04 Å². The average Bonchev–Trinajstić information content (AvgIpc) is 2.74. The Kier molecular flexibility index (Phi) is 6.28. The van der Waals surface area contributed by atoms with Gasteiger partial charge in [0, 0.05) is 11.7 Å². The summed E-state index contributed by atoms with van der Waals surface area (Å²) in [5.74, 6) is -0.898. The molecule has 6 nitrogen and oxygen atoms in total. The number of nitrogens with zero attached hydrogens (tertiary/aromatic N) is 1. The molecule has 1 aliphatic carbocycles. The van der Waals surface area contributed by atoms with Crippen molar-refractivity contribution in [3.05, 3.63) is 64.7 Å². The van der Waals surface area contributed by atoms with Gasteiger partial charge in [0.25, 0.3) is 5.91 Å². The van der Waals surface area contributed by atoms with Crippen molar-refractivity contribution >= 4 is 35.0 Å². The summed E-state index contributed by atoms with van der Waals surface area (Å²) in [7, 11) is 0. The van der Waals surface area contributed by atoms with Gasteiger partial charge in [0.15, 0.2) is 0 Å². The number of rotatable bonds is 4. The molecule has 2 fully saturated rings. The van der Waals surface area contributed by atoms with Crippen LogP contribution >= 0.6 is 11.6 Å². The molecule has 0 unspecified atom stereocenters. The zero-order valence-corrected chi connectivity index (χ0v) is 18.2. The maximum atomic E-state index is 13.5. The quantitative estimate of drug-likeness (QED) is 0.757. The first-order valence-electron chi connectivity index (χ1n) is 10.7. The summed E-state index contributed by atoms with van der Waals surface area (Å²) < 4.78 is 0. The molecule has 7 heteroatoms. The molecule has 0 spiro atoms. The van der Waals surface area contributed by atoms with Crippen molar-refractivity contribution in [3.8, 4) is 0 Å². The Balaban J connectivity index is 1.61. The van der Waals surface area contributed by atoms with Gasteiger partial charge in [-0.2, -0.15) is 0 Å². The summed E-state index contributed by atoms with van der Waals surface area (Å²) in [4.78, 5) is 41.0. The van der Waals surface area contributed by atoms with E-state index in [0.29, 0.717) is 16.3 Å². The van der Waals surface area contributed by atoms with Crippen molar-refractivity contribution in [2.75, 3.05) is 5.32 Å². The van der Waals surface area contributed by atoms with Crippen LogP contribution in [0.1, 0.15) is 48.0 Å². The highest BCUT2D eigenvalue weighted by molar-refractivity contribution is 6.33. The number of benzene rings is 2. The zero-order valence-electron chi connectivity index (χ0n) is 17.4. The molecule has 1 aliphatic heterocycles. The van der Waals surface area contributed by atoms with Crippen molar-refractivity contribution in [3.63, 3.8) is 0 Å². The highest BCUT2D eigenvalue weighted by atomic mass is 35.5. The van der Waals surface area contributed by atoms with Crippen LogP contribution in [0.15, 0.2) is 48.5 Å². The fourth-order valence-electron chi connectivity index (χ4n) is 4.62. The Morgan fingerprint density at radius 2 is 1.90 bits per heavy atom. The van der Waals surface area contributed by atoms with E-state index < -0.39 is 6.04 Å². The van der Waals surface area contributed by atoms with Crippen molar-refractivity contribution in [2.24, 2.45) is 0 Å². The molecule has 3 amide bonds. The van der Waals surface area contributed by atoms with Crippen LogP contribution < -0.4 is 10.6 Å². The smallest absolute Gasteiger partial charge is 0.256 e. The number of anilines is 1. The number of carbonyl (C=O) groups is 3. The molecule has 4 rings (SSSR count). The van der Waals surface area contributed by atoms with E-state index in [1.807, 2.05) is 25.1 Å². The molecule has 31 heavy (non-hydrogen) atoms. The fourth-order valence-corrected chi connectivity index (χ4v) is 4.83. The minimum absolute atomic E-state index is 0.0937. The number of halogens is 1. The minimum atomic E-state index is -0.882. The van der Waals surface area contributed by atoms with Gasteiger partial charge in [0.2, 0.25) is 11.8 Å². The van der Waals surface area contributed by atoms with Gasteiger partial charge < -0.3 is 15.5 Å². The summed E-state index contributed by atoms with van der Waals surface area (Å²) in [5, 5.41) is 6.24. The van der Waals surface area contributed by atoms with E-state index in [1.54, 1.807) is 35.2 Å². The highest BCUT2D eigenvalue weighted by Gasteiger charge is 2.46. The molecule has 2 aromatic carbocycles. The third-order valence-electron chi connectivity index (χ3n) is 6.07. The van der Waals surface area contributed by atoms with Crippen LogP contribution in [0.5, 0.6) is 0 Å². The van der Waals surface area contributed by atoms with Crippen LogP contribution in [-0.2, 0) is 9.59 Å².